The van der Waals surface area contributed by atoms with Crippen molar-refractivity contribution in [2.24, 2.45) is 11.7 Å². The standard InChI is InChI=1S/C12H14BrN3O3/c13-9-4-3-8(16(18)19)5-11(9)15-12(17)6-10(14)7-1-2-7/h3-5,7,10H,1-2,6,14H2,(H,15,17). The number of benzene rings is 1. The molecule has 19 heavy (non-hydrogen) atoms. The van der Waals surface area contributed by atoms with E-state index in [9.17, 15) is 14.9 Å². The van der Waals surface area contributed by atoms with Crippen LogP contribution in [0.1, 0.15) is 19.3 Å². The highest BCUT2D eigenvalue weighted by Crippen LogP contribution is 2.33. The number of nitrogens with zero attached hydrogens (tertiary/aromatic N) is 1. The quantitative estimate of drug-likeness (QED) is 0.640. The van der Waals surface area contributed by atoms with Crippen LogP contribution in [0.25, 0.3) is 0 Å². The van der Waals surface area contributed by atoms with Gasteiger partial charge in [-0.05, 0) is 40.8 Å². The van der Waals surface area contributed by atoms with Gasteiger partial charge < -0.3 is 11.1 Å². The fourth-order valence-electron chi connectivity index (χ4n) is 1.83. The van der Waals surface area contributed by atoms with Gasteiger partial charge in [0.15, 0.2) is 0 Å². The monoisotopic (exact) mass is 327 g/mol. The number of hydrogen-bond donors (Lipinski definition) is 2. The molecule has 102 valence electrons. The molecule has 1 fully saturated rings. The van der Waals surface area contributed by atoms with Crippen molar-refractivity contribution in [2.75, 3.05) is 5.32 Å². The normalized spacial score (nSPS) is 15.9. The Morgan fingerprint density at radius 2 is 2.26 bits per heavy atom. The molecule has 1 aliphatic carbocycles. The van der Waals surface area contributed by atoms with Crippen molar-refractivity contribution in [1.29, 1.82) is 0 Å². The first-order valence-corrected chi connectivity index (χ1v) is 6.76. The van der Waals surface area contributed by atoms with Gasteiger partial charge in [0.2, 0.25) is 5.91 Å². The van der Waals surface area contributed by atoms with Crippen molar-refractivity contribution in [1.82, 2.24) is 0 Å². The van der Waals surface area contributed by atoms with E-state index in [1.165, 1.54) is 18.2 Å². The molecule has 0 radical (unpaired) electrons. The zero-order valence-corrected chi connectivity index (χ0v) is 11.7. The SMILES string of the molecule is NC(CC(=O)Nc1cc([N+](=O)[O-])ccc1Br)C1CC1. The molecule has 1 aromatic carbocycles. The average Bonchev–Trinajstić information content (AvgIpc) is 3.15. The molecule has 0 heterocycles. The van der Waals surface area contributed by atoms with Crippen LogP contribution in [-0.2, 0) is 4.79 Å². The first-order chi connectivity index (χ1) is 8.97. The van der Waals surface area contributed by atoms with Crippen LogP contribution in [0.5, 0.6) is 0 Å². The van der Waals surface area contributed by atoms with Gasteiger partial charge in [-0.15, -0.1) is 0 Å². The van der Waals surface area contributed by atoms with Crippen LogP contribution in [0.2, 0.25) is 0 Å². The van der Waals surface area contributed by atoms with Gasteiger partial charge in [0.25, 0.3) is 5.69 Å². The number of non-ortho nitro benzene ring substituents is 1. The molecule has 3 N–H and O–H groups in total. The van der Waals surface area contributed by atoms with E-state index in [-0.39, 0.29) is 24.1 Å². The number of amides is 1. The Morgan fingerprint density at radius 1 is 1.58 bits per heavy atom. The van der Waals surface area contributed by atoms with Crippen LogP contribution in [0, 0.1) is 16.0 Å². The molecular weight excluding hydrogens is 314 g/mol. The minimum absolute atomic E-state index is 0.0648. The highest BCUT2D eigenvalue weighted by Gasteiger charge is 2.29. The van der Waals surface area contributed by atoms with Gasteiger partial charge in [0.1, 0.15) is 0 Å². The summed E-state index contributed by atoms with van der Waals surface area (Å²) in [6, 6.07) is 4.10. The summed E-state index contributed by atoms with van der Waals surface area (Å²) in [5.74, 6) is 0.222. The third-order valence-electron chi connectivity index (χ3n) is 3.08. The van der Waals surface area contributed by atoms with E-state index < -0.39 is 4.92 Å². The van der Waals surface area contributed by atoms with Crippen molar-refractivity contribution in [3.63, 3.8) is 0 Å². The number of carbonyl (C=O) groups is 1. The predicted octanol–water partition coefficient (Wildman–Crippen LogP) is 2.42. The van der Waals surface area contributed by atoms with Crippen molar-refractivity contribution in [3.8, 4) is 0 Å². The molecule has 0 aliphatic heterocycles. The predicted molar refractivity (Wildman–Crippen MR) is 74.7 cm³/mol. The summed E-state index contributed by atoms with van der Waals surface area (Å²) in [6.07, 6.45) is 2.39. The number of hydrogen-bond acceptors (Lipinski definition) is 4. The fourth-order valence-corrected chi connectivity index (χ4v) is 2.17. The number of halogens is 1. The molecule has 0 bridgehead atoms. The zero-order chi connectivity index (χ0) is 14.0. The van der Waals surface area contributed by atoms with E-state index >= 15 is 0 Å². The molecule has 1 saturated carbocycles. The highest BCUT2D eigenvalue weighted by molar-refractivity contribution is 9.10. The number of nitrogens with two attached hydrogens (primary N) is 1. The topological polar surface area (TPSA) is 98.3 Å². The first-order valence-electron chi connectivity index (χ1n) is 5.96. The Balaban J connectivity index is 2.02. The Kier molecular flexibility index (Phi) is 4.16. The third kappa shape index (κ3) is 3.74. The molecule has 1 unspecified atom stereocenters. The summed E-state index contributed by atoms with van der Waals surface area (Å²) in [5.41, 5.74) is 6.20. The van der Waals surface area contributed by atoms with Gasteiger partial charge in [0, 0.05) is 29.1 Å². The highest BCUT2D eigenvalue weighted by atomic mass is 79.9. The maximum absolute atomic E-state index is 11.8. The summed E-state index contributed by atoms with van der Waals surface area (Å²) in [4.78, 5) is 22.0. The van der Waals surface area contributed by atoms with Crippen LogP contribution in [0.3, 0.4) is 0 Å². The molecule has 0 spiro atoms. The van der Waals surface area contributed by atoms with Crippen LogP contribution < -0.4 is 11.1 Å². The van der Waals surface area contributed by atoms with Gasteiger partial charge >= 0.3 is 0 Å². The van der Waals surface area contributed by atoms with Crippen molar-refractivity contribution in [3.05, 3.63) is 32.8 Å². The summed E-state index contributed by atoms with van der Waals surface area (Å²) < 4.78 is 0.603. The smallest absolute Gasteiger partial charge is 0.271 e. The number of nitro groups is 1. The number of nitro benzene ring substituents is 1. The number of rotatable bonds is 5. The molecule has 1 atom stereocenters. The first kappa shape index (κ1) is 14.0. The minimum atomic E-state index is -0.502. The summed E-state index contributed by atoms with van der Waals surface area (Å²) in [6.45, 7) is 0. The second-order valence-corrected chi connectivity index (χ2v) is 5.53. The molecule has 1 aliphatic rings. The van der Waals surface area contributed by atoms with Gasteiger partial charge in [-0.2, -0.15) is 0 Å². The van der Waals surface area contributed by atoms with Crippen LogP contribution in [0.15, 0.2) is 22.7 Å². The second-order valence-electron chi connectivity index (χ2n) is 4.67. The Bertz CT molecular complexity index is 517. The number of nitrogens with one attached hydrogen (secondary N) is 1. The van der Waals surface area contributed by atoms with Gasteiger partial charge in [0.05, 0.1) is 10.6 Å². The minimum Gasteiger partial charge on any atom is -0.327 e. The Labute approximate surface area is 118 Å². The molecule has 7 heteroatoms. The summed E-state index contributed by atoms with van der Waals surface area (Å²) in [5, 5.41) is 13.3. The lowest BCUT2D eigenvalue weighted by Crippen LogP contribution is -2.28. The molecule has 0 aromatic heterocycles. The van der Waals surface area contributed by atoms with E-state index in [0.717, 1.165) is 12.8 Å². The Morgan fingerprint density at radius 3 is 2.84 bits per heavy atom. The summed E-state index contributed by atoms with van der Waals surface area (Å²) >= 11 is 3.25. The van der Waals surface area contributed by atoms with Crippen LogP contribution in [0.4, 0.5) is 11.4 Å². The molecule has 1 aromatic rings. The maximum atomic E-state index is 11.8. The fraction of sp³-hybridized carbons (Fsp3) is 0.417. The Hall–Kier alpha value is -1.47. The summed E-state index contributed by atoms with van der Waals surface area (Å²) in [7, 11) is 0. The number of anilines is 1. The largest absolute Gasteiger partial charge is 0.327 e. The average molecular weight is 328 g/mol. The molecule has 0 saturated heterocycles. The van der Waals surface area contributed by atoms with E-state index in [4.69, 9.17) is 5.73 Å². The number of carbonyl (C=O) groups excluding carboxylic acids is 1. The maximum Gasteiger partial charge on any atom is 0.271 e. The lowest BCUT2D eigenvalue weighted by Gasteiger charge is -2.11. The van der Waals surface area contributed by atoms with Crippen molar-refractivity contribution < 1.29 is 9.72 Å². The lowest BCUT2D eigenvalue weighted by molar-refractivity contribution is -0.384. The molecular formula is C12H14BrN3O3. The van der Waals surface area contributed by atoms with Crippen molar-refractivity contribution >= 4 is 33.2 Å². The molecule has 1 amide bonds. The zero-order valence-electron chi connectivity index (χ0n) is 10.1. The van der Waals surface area contributed by atoms with E-state index in [2.05, 4.69) is 21.2 Å². The lowest BCUT2D eigenvalue weighted by atomic mass is 10.1. The van der Waals surface area contributed by atoms with Crippen LogP contribution >= 0.6 is 15.9 Å². The molecule has 2 rings (SSSR count). The second kappa shape index (κ2) is 5.66. The van der Waals surface area contributed by atoms with Gasteiger partial charge in [-0.3, -0.25) is 14.9 Å². The van der Waals surface area contributed by atoms with Crippen LogP contribution in [-0.4, -0.2) is 16.9 Å². The van der Waals surface area contributed by atoms with Gasteiger partial charge in [-0.25, -0.2) is 0 Å². The van der Waals surface area contributed by atoms with Crippen molar-refractivity contribution in [2.45, 2.75) is 25.3 Å². The van der Waals surface area contributed by atoms with E-state index in [1.807, 2.05) is 0 Å². The third-order valence-corrected chi connectivity index (χ3v) is 3.77. The van der Waals surface area contributed by atoms with E-state index in [0.29, 0.717) is 16.1 Å². The van der Waals surface area contributed by atoms with E-state index in [1.54, 1.807) is 0 Å². The molecule has 6 nitrogen and oxygen atoms in total. The van der Waals surface area contributed by atoms with Gasteiger partial charge in [-0.1, -0.05) is 0 Å².